The molecule has 4 aromatic rings. The van der Waals surface area contributed by atoms with Gasteiger partial charge < -0.3 is 18.4 Å². The first kappa shape index (κ1) is 22.7. The van der Waals surface area contributed by atoms with E-state index in [4.69, 9.17) is 18.4 Å². The lowest BCUT2D eigenvalue weighted by atomic mass is 10.1. The molecule has 0 bridgehead atoms. The number of rotatable bonds is 6. The van der Waals surface area contributed by atoms with Crippen LogP contribution < -0.4 is 10.1 Å². The van der Waals surface area contributed by atoms with Crippen molar-refractivity contribution in [3.05, 3.63) is 64.7 Å². The molecule has 2 amide bonds. The molecule has 34 heavy (non-hydrogen) atoms. The lowest BCUT2D eigenvalue weighted by Gasteiger charge is -2.09. The molecule has 1 aromatic carbocycles. The Morgan fingerprint density at radius 3 is 2.53 bits per heavy atom. The van der Waals surface area contributed by atoms with Crippen LogP contribution in [0.4, 0.5) is 0 Å². The maximum Gasteiger partial charge on any atom is 0.339 e. The zero-order chi connectivity index (χ0) is 24.4. The summed E-state index contributed by atoms with van der Waals surface area (Å²) in [7, 11) is 1.42. The van der Waals surface area contributed by atoms with Crippen molar-refractivity contribution in [3.8, 4) is 17.0 Å². The first-order chi connectivity index (χ1) is 16.3. The first-order valence-corrected chi connectivity index (χ1v) is 10.3. The van der Waals surface area contributed by atoms with Gasteiger partial charge >= 0.3 is 5.97 Å². The van der Waals surface area contributed by atoms with E-state index in [-0.39, 0.29) is 16.8 Å². The van der Waals surface area contributed by atoms with Crippen LogP contribution in [0.25, 0.3) is 22.4 Å². The quantitative estimate of drug-likeness (QED) is 0.426. The van der Waals surface area contributed by atoms with Crippen molar-refractivity contribution in [3.63, 3.8) is 0 Å². The predicted molar refractivity (Wildman–Crippen MR) is 119 cm³/mol. The molecule has 10 nitrogen and oxygen atoms in total. The number of carbonyl (C=O) groups excluding carboxylic acids is 3. The minimum Gasteiger partial charge on any atom is -0.496 e. The summed E-state index contributed by atoms with van der Waals surface area (Å²) in [5.41, 5.74) is 2.01. The molecule has 4 rings (SSSR count). The Kier molecular flexibility index (Phi) is 6.13. The predicted octanol–water partition coefficient (Wildman–Crippen LogP) is 3.53. The molecule has 174 valence electrons. The van der Waals surface area contributed by atoms with Gasteiger partial charge in [-0.2, -0.15) is 0 Å². The average molecular weight is 463 g/mol. The summed E-state index contributed by atoms with van der Waals surface area (Å²) in [6, 6.07) is 9.76. The van der Waals surface area contributed by atoms with Gasteiger partial charge in [0, 0.05) is 5.56 Å². The highest BCUT2D eigenvalue weighted by atomic mass is 16.5. The number of benzene rings is 1. The zero-order valence-electron chi connectivity index (χ0n) is 18.9. The SMILES string of the molecule is COc1ccccc1C(=O)NC(=O)COC(=O)c1cc(-c2cc(C)oc2C)nc2onc(C)c12. The Balaban J connectivity index is 1.53. The molecule has 0 spiro atoms. The second-order valence-corrected chi connectivity index (χ2v) is 7.48. The molecule has 0 saturated carbocycles. The van der Waals surface area contributed by atoms with Gasteiger partial charge in [0.15, 0.2) is 6.61 Å². The monoisotopic (exact) mass is 463 g/mol. The van der Waals surface area contributed by atoms with E-state index in [1.54, 1.807) is 45.0 Å². The van der Waals surface area contributed by atoms with Crippen LogP contribution in [-0.4, -0.2) is 41.6 Å². The maximum atomic E-state index is 12.9. The minimum absolute atomic E-state index is 0.126. The lowest BCUT2D eigenvalue weighted by Crippen LogP contribution is -2.34. The van der Waals surface area contributed by atoms with Crippen LogP contribution in [-0.2, 0) is 9.53 Å². The Hall–Kier alpha value is -4.47. The van der Waals surface area contributed by atoms with Crippen LogP contribution >= 0.6 is 0 Å². The van der Waals surface area contributed by atoms with Crippen LogP contribution in [0.5, 0.6) is 5.75 Å². The molecule has 0 aliphatic rings. The van der Waals surface area contributed by atoms with Gasteiger partial charge in [-0.25, -0.2) is 9.78 Å². The molecular formula is C24H21N3O7. The summed E-state index contributed by atoms with van der Waals surface area (Å²) in [6.45, 7) is 4.57. The Labute approximate surface area is 193 Å². The van der Waals surface area contributed by atoms with E-state index >= 15 is 0 Å². The fourth-order valence-corrected chi connectivity index (χ4v) is 3.55. The molecule has 0 fully saturated rings. The van der Waals surface area contributed by atoms with E-state index in [9.17, 15) is 14.4 Å². The Morgan fingerprint density at radius 2 is 1.82 bits per heavy atom. The number of fused-ring (bicyclic) bond motifs is 1. The number of aromatic nitrogens is 2. The van der Waals surface area contributed by atoms with E-state index in [0.29, 0.717) is 39.6 Å². The number of pyridine rings is 1. The molecule has 0 atom stereocenters. The molecule has 1 N–H and O–H groups in total. The third kappa shape index (κ3) is 4.38. The third-order valence-corrected chi connectivity index (χ3v) is 5.09. The number of hydrogen-bond acceptors (Lipinski definition) is 9. The smallest absolute Gasteiger partial charge is 0.339 e. The van der Waals surface area contributed by atoms with Crippen LogP contribution in [0.2, 0.25) is 0 Å². The summed E-state index contributed by atoms with van der Waals surface area (Å²) in [5.74, 6) is -0.648. The molecule has 3 heterocycles. The number of amides is 2. The van der Waals surface area contributed by atoms with E-state index < -0.39 is 24.4 Å². The fraction of sp³-hybridized carbons (Fsp3) is 0.208. The maximum absolute atomic E-state index is 12.9. The van der Waals surface area contributed by atoms with Crippen molar-refractivity contribution in [2.75, 3.05) is 13.7 Å². The second kappa shape index (κ2) is 9.18. The number of nitrogens with one attached hydrogen (secondary N) is 1. The van der Waals surface area contributed by atoms with Crippen molar-refractivity contribution in [2.45, 2.75) is 20.8 Å². The van der Waals surface area contributed by atoms with Crippen LogP contribution in [0.1, 0.15) is 37.9 Å². The largest absolute Gasteiger partial charge is 0.496 e. The number of methoxy groups -OCH3 is 1. The van der Waals surface area contributed by atoms with Gasteiger partial charge in [-0.1, -0.05) is 17.3 Å². The number of esters is 1. The third-order valence-electron chi connectivity index (χ3n) is 5.09. The topological polar surface area (TPSA) is 134 Å². The number of ether oxygens (including phenoxy) is 2. The second-order valence-electron chi connectivity index (χ2n) is 7.48. The summed E-state index contributed by atoms with van der Waals surface area (Å²) in [4.78, 5) is 42.0. The Bertz CT molecular complexity index is 1420. The summed E-state index contributed by atoms with van der Waals surface area (Å²) >= 11 is 0. The normalized spacial score (nSPS) is 10.8. The van der Waals surface area contributed by atoms with Crippen molar-refractivity contribution < 1.29 is 32.8 Å². The van der Waals surface area contributed by atoms with Gasteiger partial charge in [-0.3, -0.25) is 14.9 Å². The zero-order valence-corrected chi connectivity index (χ0v) is 18.9. The Morgan fingerprint density at radius 1 is 1.06 bits per heavy atom. The van der Waals surface area contributed by atoms with Crippen LogP contribution in [0.3, 0.4) is 0 Å². The number of nitrogens with zero attached hydrogens (tertiary/aromatic N) is 2. The highest BCUT2D eigenvalue weighted by Gasteiger charge is 2.23. The molecule has 3 aromatic heterocycles. The van der Waals surface area contributed by atoms with E-state index in [0.717, 1.165) is 0 Å². The van der Waals surface area contributed by atoms with Crippen molar-refractivity contribution in [2.24, 2.45) is 0 Å². The first-order valence-electron chi connectivity index (χ1n) is 10.3. The van der Waals surface area contributed by atoms with Gasteiger partial charge in [0.25, 0.3) is 17.5 Å². The number of carbonyl (C=O) groups is 3. The van der Waals surface area contributed by atoms with E-state index in [1.807, 2.05) is 0 Å². The van der Waals surface area contributed by atoms with E-state index in [2.05, 4.69) is 15.5 Å². The summed E-state index contributed by atoms with van der Waals surface area (Å²) in [5, 5.41) is 6.43. The lowest BCUT2D eigenvalue weighted by molar-refractivity contribution is -0.123. The van der Waals surface area contributed by atoms with Crippen molar-refractivity contribution >= 4 is 28.9 Å². The average Bonchev–Trinajstić information content (AvgIpc) is 3.37. The number of furan rings is 1. The summed E-state index contributed by atoms with van der Waals surface area (Å²) < 4.78 is 21.1. The molecule has 10 heteroatoms. The highest BCUT2D eigenvalue weighted by molar-refractivity contribution is 6.08. The number of hydrogen-bond donors (Lipinski definition) is 1. The van der Waals surface area contributed by atoms with Crippen LogP contribution in [0.15, 0.2) is 45.3 Å². The van der Waals surface area contributed by atoms with Gasteiger partial charge in [0.2, 0.25) is 0 Å². The van der Waals surface area contributed by atoms with Crippen molar-refractivity contribution in [1.29, 1.82) is 0 Å². The van der Waals surface area contributed by atoms with Crippen LogP contribution in [0, 0.1) is 20.8 Å². The molecule has 0 unspecified atom stereocenters. The number of aryl methyl sites for hydroxylation is 3. The van der Waals surface area contributed by atoms with Gasteiger partial charge in [0.1, 0.15) is 17.3 Å². The molecular weight excluding hydrogens is 442 g/mol. The number of imide groups is 1. The van der Waals surface area contributed by atoms with Gasteiger partial charge in [-0.05, 0) is 45.0 Å². The van der Waals surface area contributed by atoms with E-state index in [1.165, 1.54) is 19.2 Å². The highest BCUT2D eigenvalue weighted by Crippen LogP contribution is 2.30. The fourth-order valence-electron chi connectivity index (χ4n) is 3.55. The van der Waals surface area contributed by atoms with Gasteiger partial charge in [0.05, 0.1) is 35.0 Å². The molecule has 0 aliphatic carbocycles. The molecule has 0 radical (unpaired) electrons. The minimum atomic E-state index is -0.794. The molecule has 0 aliphatic heterocycles. The molecule has 0 saturated heterocycles. The summed E-state index contributed by atoms with van der Waals surface area (Å²) in [6.07, 6.45) is 0. The van der Waals surface area contributed by atoms with Crippen molar-refractivity contribution in [1.82, 2.24) is 15.5 Å². The number of para-hydroxylation sites is 1. The van der Waals surface area contributed by atoms with Gasteiger partial charge in [-0.15, -0.1) is 0 Å². The standard InChI is InChI=1S/C24H21N3O7/c1-12-9-16(14(3)33-12)18-10-17(21-13(2)27-34-23(21)25-18)24(30)32-11-20(28)26-22(29)15-7-5-6-8-19(15)31-4/h5-10H,11H2,1-4H3,(H,26,28,29).